The number of nitrogens with zero attached hydrogens (tertiary/aromatic N) is 1. The molecule has 0 radical (unpaired) electrons. The van der Waals surface area contributed by atoms with Gasteiger partial charge in [-0.1, -0.05) is 61.9 Å². The summed E-state index contributed by atoms with van der Waals surface area (Å²) in [4.78, 5) is 43.3. The van der Waals surface area contributed by atoms with Gasteiger partial charge in [0.1, 0.15) is 17.7 Å². The molecule has 7 nitrogen and oxygen atoms in total. The molecule has 7 heteroatoms. The minimum absolute atomic E-state index is 0.0246. The zero-order valence-electron chi connectivity index (χ0n) is 25.3. The predicted octanol–water partition coefficient (Wildman–Crippen LogP) is 6.17. The highest BCUT2D eigenvalue weighted by Gasteiger charge is 2.42. The van der Waals surface area contributed by atoms with E-state index in [1.807, 2.05) is 69.3 Å². The Labute approximate surface area is 240 Å². The molecular weight excluding hydrogens is 502 g/mol. The summed E-state index contributed by atoms with van der Waals surface area (Å²) in [6.07, 6.45) is 4.05. The van der Waals surface area contributed by atoms with Crippen LogP contribution in [-0.2, 0) is 20.7 Å². The molecule has 1 aliphatic carbocycles. The molecule has 0 bridgehead atoms. The summed E-state index contributed by atoms with van der Waals surface area (Å²) >= 11 is 0. The number of hydrogen-bond acceptors (Lipinski definition) is 4. The second-order valence-electron chi connectivity index (χ2n) is 12.1. The van der Waals surface area contributed by atoms with Crippen molar-refractivity contribution in [2.45, 2.75) is 117 Å². The maximum Gasteiger partial charge on any atom is 0.408 e. The van der Waals surface area contributed by atoms with Crippen molar-refractivity contribution in [3.63, 3.8) is 0 Å². The van der Waals surface area contributed by atoms with Crippen LogP contribution in [0.2, 0.25) is 0 Å². The van der Waals surface area contributed by atoms with E-state index in [1.165, 1.54) is 0 Å². The first-order valence-corrected chi connectivity index (χ1v) is 14.6. The molecule has 0 aromatic heterocycles. The Hall–Kier alpha value is -3.35. The van der Waals surface area contributed by atoms with E-state index >= 15 is 0 Å². The van der Waals surface area contributed by atoms with E-state index in [-0.39, 0.29) is 30.3 Å². The van der Waals surface area contributed by atoms with Crippen LogP contribution in [0.4, 0.5) is 4.79 Å². The molecule has 218 valence electrons. The molecular formula is C33H47N3O4. The lowest BCUT2D eigenvalue weighted by Crippen LogP contribution is -2.58. The van der Waals surface area contributed by atoms with Crippen LogP contribution in [0.25, 0.3) is 0 Å². The number of hydrogen-bond donors (Lipinski definition) is 2. The van der Waals surface area contributed by atoms with Crippen molar-refractivity contribution >= 4 is 17.9 Å². The van der Waals surface area contributed by atoms with Crippen LogP contribution >= 0.6 is 0 Å². The van der Waals surface area contributed by atoms with Gasteiger partial charge in [0.05, 0.1) is 0 Å². The van der Waals surface area contributed by atoms with Gasteiger partial charge in [-0.2, -0.15) is 0 Å². The number of carbonyl (C=O) groups is 3. The number of benzene rings is 2. The Morgan fingerprint density at radius 1 is 1.00 bits per heavy atom. The van der Waals surface area contributed by atoms with Crippen LogP contribution < -0.4 is 10.6 Å². The van der Waals surface area contributed by atoms with Crippen LogP contribution in [0.15, 0.2) is 48.5 Å². The van der Waals surface area contributed by atoms with Crippen molar-refractivity contribution in [2.24, 2.45) is 0 Å². The van der Waals surface area contributed by atoms with E-state index in [9.17, 15) is 14.4 Å². The fourth-order valence-corrected chi connectivity index (χ4v) is 5.18. The minimum atomic E-state index is -0.897. The second kappa shape index (κ2) is 13.8. The summed E-state index contributed by atoms with van der Waals surface area (Å²) < 4.78 is 5.54. The number of aryl methyl sites for hydroxylation is 1. The van der Waals surface area contributed by atoms with Gasteiger partial charge < -0.3 is 20.3 Å². The third-order valence-electron chi connectivity index (χ3n) is 7.57. The first-order valence-electron chi connectivity index (χ1n) is 14.6. The summed E-state index contributed by atoms with van der Waals surface area (Å²) in [7, 11) is 0. The summed E-state index contributed by atoms with van der Waals surface area (Å²) in [5.41, 5.74) is 3.06. The number of alkyl carbamates (subject to hydrolysis) is 1. The Morgan fingerprint density at radius 3 is 2.25 bits per heavy atom. The van der Waals surface area contributed by atoms with Crippen molar-refractivity contribution in [3.05, 3.63) is 70.8 Å². The zero-order valence-corrected chi connectivity index (χ0v) is 25.3. The van der Waals surface area contributed by atoms with E-state index < -0.39 is 23.8 Å². The highest BCUT2D eigenvalue weighted by atomic mass is 16.6. The van der Waals surface area contributed by atoms with Crippen LogP contribution in [-0.4, -0.2) is 46.5 Å². The number of ether oxygens (including phenoxy) is 1. The molecule has 3 rings (SSSR count). The van der Waals surface area contributed by atoms with Crippen LogP contribution in [0.5, 0.6) is 0 Å². The average molecular weight is 550 g/mol. The van der Waals surface area contributed by atoms with Crippen molar-refractivity contribution < 1.29 is 19.1 Å². The van der Waals surface area contributed by atoms with Crippen LogP contribution in [0, 0.1) is 13.8 Å². The van der Waals surface area contributed by atoms with Gasteiger partial charge in [-0.05, 0) is 89.5 Å². The van der Waals surface area contributed by atoms with Gasteiger partial charge in [0.2, 0.25) is 11.8 Å². The van der Waals surface area contributed by atoms with Gasteiger partial charge in [0.15, 0.2) is 0 Å². The Balaban J connectivity index is 2.07. The first kappa shape index (κ1) is 31.2. The lowest BCUT2D eigenvalue weighted by atomic mass is 9.86. The SMILES string of the molecule is CCCC(C)NC(=O)C(c1cccc(C)c1C)N(C(=O)C(Cc1ccccc1)NC(=O)OC(C)(C)C)C1CCC1. The predicted molar refractivity (Wildman–Crippen MR) is 159 cm³/mol. The van der Waals surface area contributed by atoms with E-state index in [0.29, 0.717) is 0 Å². The molecule has 1 saturated carbocycles. The van der Waals surface area contributed by atoms with Gasteiger partial charge >= 0.3 is 6.09 Å². The van der Waals surface area contributed by atoms with Crippen molar-refractivity contribution in [3.8, 4) is 0 Å². The lowest BCUT2D eigenvalue weighted by Gasteiger charge is -2.44. The maximum atomic E-state index is 14.6. The molecule has 2 N–H and O–H groups in total. The topological polar surface area (TPSA) is 87.7 Å². The Kier molecular flexibility index (Phi) is 10.8. The smallest absolute Gasteiger partial charge is 0.408 e. The summed E-state index contributed by atoms with van der Waals surface area (Å²) in [5, 5.41) is 6.03. The van der Waals surface area contributed by atoms with E-state index in [4.69, 9.17) is 4.74 Å². The molecule has 1 fully saturated rings. The minimum Gasteiger partial charge on any atom is -0.444 e. The van der Waals surface area contributed by atoms with Crippen molar-refractivity contribution in [2.75, 3.05) is 0 Å². The van der Waals surface area contributed by atoms with Gasteiger partial charge in [-0.25, -0.2) is 4.79 Å². The molecule has 2 aromatic rings. The summed E-state index contributed by atoms with van der Waals surface area (Å²) in [6, 6.07) is 13.7. The van der Waals surface area contributed by atoms with Gasteiger partial charge in [0.25, 0.3) is 0 Å². The second-order valence-corrected chi connectivity index (χ2v) is 12.1. The number of carbonyl (C=O) groups excluding carboxylic acids is 3. The van der Waals surface area contributed by atoms with Crippen LogP contribution in [0.3, 0.4) is 0 Å². The molecule has 0 spiro atoms. The maximum absolute atomic E-state index is 14.6. The molecule has 0 heterocycles. The molecule has 0 aliphatic heterocycles. The number of nitrogens with one attached hydrogen (secondary N) is 2. The molecule has 3 amide bonds. The molecule has 0 saturated heterocycles. The quantitative estimate of drug-likeness (QED) is 0.351. The van der Waals surface area contributed by atoms with E-state index in [2.05, 4.69) is 17.6 Å². The molecule has 3 unspecified atom stereocenters. The summed E-state index contributed by atoms with van der Waals surface area (Å²) in [5.74, 6) is -0.464. The largest absolute Gasteiger partial charge is 0.444 e. The van der Waals surface area contributed by atoms with Gasteiger partial charge in [0, 0.05) is 18.5 Å². The molecule has 3 atom stereocenters. The highest BCUT2D eigenvalue weighted by Crippen LogP contribution is 2.35. The van der Waals surface area contributed by atoms with Crippen LogP contribution in [0.1, 0.15) is 95.0 Å². The Bertz CT molecular complexity index is 1150. The number of amides is 3. The molecule has 2 aromatic carbocycles. The van der Waals surface area contributed by atoms with E-state index in [0.717, 1.165) is 54.4 Å². The third-order valence-corrected chi connectivity index (χ3v) is 7.57. The zero-order chi connectivity index (χ0) is 29.4. The van der Waals surface area contributed by atoms with Gasteiger partial charge in [-0.3, -0.25) is 9.59 Å². The normalized spacial score (nSPS) is 15.8. The lowest BCUT2D eigenvalue weighted by molar-refractivity contribution is -0.147. The fraction of sp³-hybridized carbons (Fsp3) is 0.545. The first-order chi connectivity index (χ1) is 18.9. The van der Waals surface area contributed by atoms with Crippen molar-refractivity contribution in [1.82, 2.24) is 15.5 Å². The highest BCUT2D eigenvalue weighted by molar-refractivity contribution is 5.93. The third kappa shape index (κ3) is 8.33. The Morgan fingerprint density at radius 2 is 1.68 bits per heavy atom. The number of rotatable bonds is 11. The van der Waals surface area contributed by atoms with E-state index in [1.54, 1.807) is 25.7 Å². The monoisotopic (exact) mass is 549 g/mol. The standard InChI is InChI=1S/C33H47N3O4/c1-8-14-23(3)34-30(37)29(27-20-12-15-22(2)24(27)4)36(26-18-13-19-26)31(38)28(21-25-16-10-9-11-17-25)35-32(39)40-33(5,6)7/h9-12,15-17,20,23,26,28-29H,8,13-14,18-19,21H2,1-7H3,(H,34,37)(H,35,39). The summed E-state index contributed by atoms with van der Waals surface area (Å²) in [6.45, 7) is 13.5. The van der Waals surface area contributed by atoms with Crippen molar-refractivity contribution in [1.29, 1.82) is 0 Å². The molecule has 40 heavy (non-hydrogen) atoms. The molecule has 1 aliphatic rings. The fourth-order valence-electron chi connectivity index (χ4n) is 5.18. The van der Waals surface area contributed by atoms with Gasteiger partial charge in [-0.15, -0.1) is 0 Å². The average Bonchev–Trinajstić information content (AvgIpc) is 2.83.